The molecule has 2 aromatic carbocycles. The summed E-state index contributed by atoms with van der Waals surface area (Å²) >= 11 is 3.19. The zero-order valence-electron chi connectivity index (χ0n) is 14.1. The third-order valence-corrected chi connectivity index (χ3v) is 4.09. The second kappa shape index (κ2) is 7.80. The van der Waals surface area contributed by atoms with Gasteiger partial charge in [-0.25, -0.2) is 14.4 Å². The summed E-state index contributed by atoms with van der Waals surface area (Å²) in [6.45, 7) is 1.84. The third-order valence-electron chi connectivity index (χ3n) is 3.60. The zero-order chi connectivity index (χ0) is 19.6. The van der Waals surface area contributed by atoms with E-state index in [1.807, 2.05) is 0 Å². The molecular weight excluding hydrogens is 421 g/mol. The summed E-state index contributed by atoms with van der Waals surface area (Å²) in [5.41, 5.74) is 5.98. The third kappa shape index (κ3) is 4.29. The van der Waals surface area contributed by atoms with E-state index in [1.54, 1.807) is 13.0 Å². The highest BCUT2D eigenvalue weighted by atomic mass is 79.9. The molecule has 140 valence electrons. The number of halogens is 2. The molecule has 0 aliphatic heterocycles. The second-order valence-corrected chi connectivity index (χ2v) is 6.77. The number of hydrogen-bond acceptors (Lipinski definition) is 7. The molecule has 0 bridgehead atoms. The normalized spacial score (nSPS) is 12.0. The van der Waals surface area contributed by atoms with Crippen LogP contribution in [0.5, 0.6) is 5.75 Å². The number of benzene rings is 2. The Hall–Kier alpha value is -2.85. The number of nitrogens with two attached hydrogens (primary N) is 1. The summed E-state index contributed by atoms with van der Waals surface area (Å²) in [5.74, 6) is -0.199. The number of nitrogens with zero attached hydrogens (tertiary/aromatic N) is 3. The van der Waals surface area contributed by atoms with E-state index in [1.165, 1.54) is 30.6 Å². The highest BCUT2D eigenvalue weighted by molar-refractivity contribution is 9.10. The van der Waals surface area contributed by atoms with Crippen LogP contribution in [0.1, 0.15) is 6.92 Å². The first-order chi connectivity index (χ1) is 12.8. The van der Waals surface area contributed by atoms with Gasteiger partial charge in [0.1, 0.15) is 24.6 Å². The molecule has 0 aliphatic rings. The van der Waals surface area contributed by atoms with Crippen molar-refractivity contribution in [2.45, 2.75) is 13.0 Å². The van der Waals surface area contributed by atoms with Gasteiger partial charge in [-0.3, -0.25) is 10.1 Å². The van der Waals surface area contributed by atoms with E-state index in [9.17, 15) is 14.5 Å². The van der Waals surface area contributed by atoms with Gasteiger partial charge < -0.3 is 15.8 Å². The fourth-order valence-corrected chi connectivity index (χ4v) is 2.70. The van der Waals surface area contributed by atoms with Gasteiger partial charge in [0.2, 0.25) is 0 Å². The van der Waals surface area contributed by atoms with Crippen LogP contribution in [-0.4, -0.2) is 27.5 Å². The lowest BCUT2D eigenvalue weighted by Gasteiger charge is -2.12. The topological polar surface area (TPSA) is 116 Å². The van der Waals surface area contributed by atoms with E-state index in [4.69, 9.17) is 10.5 Å². The molecule has 0 unspecified atom stereocenters. The van der Waals surface area contributed by atoms with Gasteiger partial charge in [-0.05, 0) is 25.1 Å². The molecule has 0 amide bonds. The summed E-state index contributed by atoms with van der Waals surface area (Å²) in [7, 11) is 0. The van der Waals surface area contributed by atoms with Crippen molar-refractivity contribution in [2.24, 2.45) is 5.73 Å². The van der Waals surface area contributed by atoms with Crippen LogP contribution in [0.4, 0.5) is 21.6 Å². The van der Waals surface area contributed by atoms with Crippen LogP contribution in [0.3, 0.4) is 0 Å². The SMILES string of the molecule is C[C@@H](N)COc1cc2ncnc(Nc3ccc(Br)cc3F)c2cc1[N+](=O)[O-]. The number of rotatable bonds is 6. The van der Waals surface area contributed by atoms with Gasteiger partial charge in [0, 0.05) is 22.6 Å². The molecule has 0 fully saturated rings. The second-order valence-electron chi connectivity index (χ2n) is 5.85. The number of aromatic nitrogens is 2. The van der Waals surface area contributed by atoms with Gasteiger partial charge >= 0.3 is 5.69 Å². The molecular formula is C17H15BrFN5O3. The van der Waals surface area contributed by atoms with E-state index < -0.39 is 10.7 Å². The summed E-state index contributed by atoms with van der Waals surface area (Å²) in [4.78, 5) is 19.1. The number of nitro benzene ring substituents is 1. The summed E-state index contributed by atoms with van der Waals surface area (Å²) in [6, 6.07) is 6.95. The molecule has 1 atom stereocenters. The van der Waals surface area contributed by atoms with Crippen molar-refractivity contribution in [3.8, 4) is 5.75 Å². The minimum absolute atomic E-state index is 0.0595. The minimum Gasteiger partial charge on any atom is -0.485 e. The summed E-state index contributed by atoms with van der Waals surface area (Å²) < 4.78 is 20.1. The number of hydrogen-bond donors (Lipinski definition) is 2. The molecule has 10 heteroatoms. The molecule has 0 aliphatic carbocycles. The molecule has 3 aromatic rings. The Kier molecular flexibility index (Phi) is 5.47. The molecule has 8 nitrogen and oxygen atoms in total. The number of ether oxygens (including phenoxy) is 1. The molecule has 27 heavy (non-hydrogen) atoms. The molecule has 1 heterocycles. The fourth-order valence-electron chi connectivity index (χ4n) is 2.37. The Bertz CT molecular complexity index is 1020. The van der Waals surface area contributed by atoms with Crippen LogP contribution in [-0.2, 0) is 0 Å². The number of fused-ring (bicyclic) bond motifs is 1. The molecule has 3 rings (SSSR count). The lowest BCUT2D eigenvalue weighted by molar-refractivity contribution is -0.385. The van der Waals surface area contributed by atoms with Crippen LogP contribution in [0.2, 0.25) is 0 Å². The lowest BCUT2D eigenvalue weighted by atomic mass is 10.2. The highest BCUT2D eigenvalue weighted by Gasteiger charge is 2.20. The molecule has 0 radical (unpaired) electrons. The van der Waals surface area contributed by atoms with Crippen LogP contribution in [0, 0.1) is 15.9 Å². The Morgan fingerprint density at radius 1 is 1.37 bits per heavy atom. The van der Waals surface area contributed by atoms with E-state index in [2.05, 4.69) is 31.2 Å². The van der Waals surface area contributed by atoms with Crippen molar-refractivity contribution in [3.05, 3.63) is 57.1 Å². The Labute approximate surface area is 161 Å². The maximum atomic E-state index is 14.1. The van der Waals surface area contributed by atoms with Crippen molar-refractivity contribution in [1.29, 1.82) is 0 Å². The van der Waals surface area contributed by atoms with Crippen molar-refractivity contribution in [2.75, 3.05) is 11.9 Å². The molecule has 0 saturated heterocycles. The fraction of sp³-hybridized carbons (Fsp3) is 0.176. The average Bonchev–Trinajstić information content (AvgIpc) is 2.61. The first-order valence-electron chi connectivity index (χ1n) is 7.88. The van der Waals surface area contributed by atoms with E-state index in [0.717, 1.165) is 0 Å². The van der Waals surface area contributed by atoms with E-state index in [0.29, 0.717) is 15.4 Å². The first-order valence-corrected chi connectivity index (χ1v) is 8.68. The van der Waals surface area contributed by atoms with Gasteiger partial charge in [-0.2, -0.15) is 0 Å². The number of nitrogens with one attached hydrogen (secondary N) is 1. The minimum atomic E-state index is -0.563. The number of nitro groups is 1. The summed E-state index contributed by atoms with van der Waals surface area (Å²) in [5, 5.41) is 14.6. The molecule has 0 spiro atoms. The molecule has 3 N–H and O–H groups in total. The summed E-state index contributed by atoms with van der Waals surface area (Å²) in [6.07, 6.45) is 1.28. The van der Waals surface area contributed by atoms with Crippen LogP contribution < -0.4 is 15.8 Å². The van der Waals surface area contributed by atoms with Gasteiger partial charge in [0.25, 0.3) is 0 Å². The van der Waals surface area contributed by atoms with Crippen LogP contribution in [0.15, 0.2) is 41.1 Å². The molecule has 0 saturated carbocycles. The Morgan fingerprint density at radius 3 is 2.81 bits per heavy atom. The van der Waals surface area contributed by atoms with Crippen LogP contribution in [0.25, 0.3) is 10.9 Å². The monoisotopic (exact) mass is 435 g/mol. The zero-order valence-corrected chi connectivity index (χ0v) is 15.7. The van der Waals surface area contributed by atoms with E-state index >= 15 is 0 Å². The Morgan fingerprint density at radius 2 is 2.15 bits per heavy atom. The Balaban J connectivity index is 2.06. The predicted molar refractivity (Wildman–Crippen MR) is 103 cm³/mol. The average molecular weight is 436 g/mol. The smallest absolute Gasteiger partial charge is 0.311 e. The largest absolute Gasteiger partial charge is 0.485 e. The quantitative estimate of drug-likeness (QED) is 0.445. The van der Waals surface area contributed by atoms with Crippen molar-refractivity contribution >= 4 is 44.0 Å². The van der Waals surface area contributed by atoms with Gasteiger partial charge in [0.15, 0.2) is 5.75 Å². The standard InChI is InChI=1S/C17H15BrFN5O3/c1-9(20)7-27-16-6-14-11(5-15(16)24(25)26)17(22-8-21-14)23-13-3-2-10(18)4-12(13)19/h2-6,8-9H,7,20H2,1H3,(H,21,22,23)/t9-/m1/s1. The van der Waals surface area contributed by atoms with Gasteiger partial charge in [-0.15, -0.1) is 0 Å². The highest BCUT2D eigenvalue weighted by Crippen LogP contribution is 2.35. The van der Waals surface area contributed by atoms with Crippen molar-refractivity contribution in [3.63, 3.8) is 0 Å². The number of anilines is 2. The van der Waals surface area contributed by atoms with Crippen LogP contribution >= 0.6 is 15.9 Å². The lowest BCUT2D eigenvalue weighted by Crippen LogP contribution is -2.23. The molecule has 1 aromatic heterocycles. The first kappa shape index (κ1) is 18.9. The van der Waals surface area contributed by atoms with Gasteiger partial charge in [0.05, 0.1) is 21.5 Å². The predicted octanol–water partition coefficient (Wildman–Crippen LogP) is 3.91. The van der Waals surface area contributed by atoms with E-state index in [-0.39, 0.29) is 35.6 Å². The van der Waals surface area contributed by atoms with Gasteiger partial charge in [-0.1, -0.05) is 15.9 Å². The van der Waals surface area contributed by atoms with Crippen molar-refractivity contribution < 1.29 is 14.1 Å². The van der Waals surface area contributed by atoms with Crippen molar-refractivity contribution in [1.82, 2.24) is 9.97 Å². The maximum Gasteiger partial charge on any atom is 0.311 e. The maximum absolute atomic E-state index is 14.1.